The molecule has 0 heterocycles. The predicted molar refractivity (Wildman–Crippen MR) is 289 cm³/mol. The molecule has 0 amide bonds. The Morgan fingerprint density at radius 3 is 0.866 bits per heavy atom. The minimum Gasteiger partial charge on any atom is -0.462 e. The number of carbonyl (C=O) groups excluding carboxylic acids is 3. The van der Waals surface area contributed by atoms with Crippen LogP contribution in [0.25, 0.3) is 0 Å². The smallest absolute Gasteiger partial charge is 0.306 e. The lowest BCUT2D eigenvalue weighted by Gasteiger charge is -2.18. The van der Waals surface area contributed by atoms with Crippen molar-refractivity contribution in [2.24, 2.45) is 0 Å². The summed E-state index contributed by atoms with van der Waals surface area (Å²) in [6.45, 7) is 6.59. The first kappa shape index (κ1) is 64.4. The van der Waals surface area contributed by atoms with Crippen molar-refractivity contribution in [1.82, 2.24) is 0 Å². The predicted octanol–water partition coefficient (Wildman–Crippen LogP) is 19.4. The number of hydrogen-bond acceptors (Lipinski definition) is 6. The maximum absolute atomic E-state index is 12.8. The first-order chi connectivity index (χ1) is 33.0. The van der Waals surface area contributed by atoms with Crippen LogP contribution in [0.1, 0.15) is 303 Å². The fourth-order valence-electron chi connectivity index (χ4n) is 8.35. The molecule has 6 heteroatoms. The van der Waals surface area contributed by atoms with Gasteiger partial charge in [-0.15, -0.1) is 0 Å². The summed E-state index contributed by atoms with van der Waals surface area (Å²) in [5, 5.41) is 0. The minimum atomic E-state index is -0.779. The van der Waals surface area contributed by atoms with Gasteiger partial charge in [-0.25, -0.2) is 0 Å². The summed E-state index contributed by atoms with van der Waals surface area (Å²) in [7, 11) is 0. The standard InChI is InChI=1S/C61H110O6/c1-4-7-10-13-16-19-22-25-26-27-28-29-30-31-32-33-34-35-36-37-40-42-45-48-51-54-60(63)66-57-58(67-61(64)55-52-49-46-43-39-24-21-18-15-12-9-6-3)56-65-59(62)53-50-47-44-41-38-23-20-17-14-11-8-5-2/h17-18,20-22,25,27-28,58H,4-16,19,23-24,26,29-57H2,1-3H3/b20-17-,21-18-,25-22-,28-27-. The Labute approximate surface area is 416 Å². The Kier molecular flexibility index (Phi) is 53.8. The molecule has 0 aromatic heterocycles. The molecule has 0 spiro atoms. The van der Waals surface area contributed by atoms with E-state index in [-0.39, 0.29) is 31.1 Å². The van der Waals surface area contributed by atoms with Crippen molar-refractivity contribution < 1.29 is 28.6 Å². The van der Waals surface area contributed by atoms with E-state index in [1.54, 1.807) is 0 Å². The number of rotatable bonds is 53. The highest BCUT2D eigenvalue weighted by molar-refractivity contribution is 5.71. The SMILES string of the molecule is CCCCC/C=C\CCCCCCCC(=O)OCC(COC(=O)CCCCCCCCCCCCCCC/C=C\C/C=C\CCCCCCC)OC(=O)CCCCCCC/C=C\CCCCC. The second kappa shape index (κ2) is 56.0. The maximum Gasteiger partial charge on any atom is 0.306 e. The minimum absolute atomic E-state index is 0.0777. The molecule has 0 aliphatic heterocycles. The van der Waals surface area contributed by atoms with Gasteiger partial charge in [0.2, 0.25) is 0 Å². The molecule has 0 aromatic carbocycles. The topological polar surface area (TPSA) is 78.9 Å². The number of ether oxygens (including phenoxy) is 3. The van der Waals surface area contributed by atoms with Crippen LogP contribution in [0.2, 0.25) is 0 Å². The van der Waals surface area contributed by atoms with Crippen molar-refractivity contribution in [2.75, 3.05) is 13.2 Å². The monoisotopic (exact) mass is 939 g/mol. The Balaban J connectivity index is 4.21. The lowest BCUT2D eigenvalue weighted by Crippen LogP contribution is -2.30. The lowest BCUT2D eigenvalue weighted by molar-refractivity contribution is -0.167. The summed E-state index contributed by atoms with van der Waals surface area (Å²) in [4.78, 5) is 38.0. The average molecular weight is 940 g/mol. The highest BCUT2D eigenvalue weighted by Crippen LogP contribution is 2.16. The van der Waals surface area contributed by atoms with Crippen LogP contribution in [0.5, 0.6) is 0 Å². The van der Waals surface area contributed by atoms with Gasteiger partial charge in [0.15, 0.2) is 6.10 Å². The van der Waals surface area contributed by atoms with Crippen molar-refractivity contribution in [3.63, 3.8) is 0 Å². The molecule has 0 aromatic rings. The summed E-state index contributed by atoms with van der Waals surface area (Å²) in [5.74, 6) is -0.887. The number of hydrogen-bond donors (Lipinski definition) is 0. The van der Waals surface area contributed by atoms with E-state index in [9.17, 15) is 14.4 Å². The van der Waals surface area contributed by atoms with Gasteiger partial charge in [0.05, 0.1) is 0 Å². The molecular weight excluding hydrogens is 829 g/mol. The van der Waals surface area contributed by atoms with E-state index in [2.05, 4.69) is 69.4 Å². The molecule has 67 heavy (non-hydrogen) atoms. The third kappa shape index (κ3) is 54.2. The number of unbranched alkanes of at least 4 members (excludes halogenated alkanes) is 34. The fourth-order valence-corrected chi connectivity index (χ4v) is 8.35. The molecule has 1 atom stereocenters. The van der Waals surface area contributed by atoms with Crippen molar-refractivity contribution >= 4 is 17.9 Å². The van der Waals surface area contributed by atoms with Crippen LogP contribution < -0.4 is 0 Å². The summed E-state index contributed by atoms with van der Waals surface area (Å²) in [6.07, 6.45) is 68.3. The second-order valence-electron chi connectivity index (χ2n) is 19.5. The van der Waals surface area contributed by atoms with Crippen LogP contribution in [-0.4, -0.2) is 37.2 Å². The van der Waals surface area contributed by atoms with Gasteiger partial charge in [-0.2, -0.15) is 0 Å². The van der Waals surface area contributed by atoms with Gasteiger partial charge in [0, 0.05) is 19.3 Å². The molecule has 1 unspecified atom stereocenters. The summed E-state index contributed by atoms with van der Waals surface area (Å²) < 4.78 is 16.8. The number of carbonyl (C=O) groups is 3. The van der Waals surface area contributed by atoms with E-state index in [0.717, 1.165) is 83.5 Å². The first-order valence-electron chi connectivity index (χ1n) is 29.1. The zero-order valence-electron chi connectivity index (χ0n) is 44.7. The van der Waals surface area contributed by atoms with E-state index in [0.29, 0.717) is 19.3 Å². The molecule has 0 N–H and O–H groups in total. The van der Waals surface area contributed by atoms with E-state index in [1.165, 1.54) is 180 Å². The van der Waals surface area contributed by atoms with Crippen molar-refractivity contribution in [3.05, 3.63) is 48.6 Å². The van der Waals surface area contributed by atoms with Gasteiger partial charge in [0.1, 0.15) is 13.2 Å². The van der Waals surface area contributed by atoms with E-state index in [1.807, 2.05) is 0 Å². The molecule has 6 nitrogen and oxygen atoms in total. The molecule has 390 valence electrons. The second-order valence-corrected chi connectivity index (χ2v) is 19.5. The first-order valence-corrected chi connectivity index (χ1v) is 29.1. The van der Waals surface area contributed by atoms with Gasteiger partial charge >= 0.3 is 17.9 Å². The van der Waals surface area contributed by atoms with Gasteiger partial charge in [-0.1, -0.05) is 230 Å². The summed E-state index contributed by atoms with van der Waals surface area (Å²) >= 11 is 0. The number of allylic oxidation sites excluding steroid dienone is 8. The molecular formula is C61H110O6. The summed E-state index contributed by atoms with van der Waals surface area (Å²) in [6, 6.07) is 0. The van der Waals surface area contributed by atoms with Gasteiger partial charge in [0.25, 0.3) is 0 Å². The Morgan fingerprint density at radius 2 is 0.537 bits per heavy atom. The van der Waals surface area contributed by atoms with Gasteiger partial charge in [-0.3, -0.25) is 14.4 Å². The molecule has 0 bridgehead atoms. The van der Waals surface area contributed by atoms with Crippen LogP contribution in [-0.2, 0) is 28.6 Å². The van der Waals surface area contributed by atoms with Crippen molar-refractivity contribution in [2.45, 2.75) is 309 Å². The summed E-state index contributed by atoms with van der Waals surface area (Å²) in [5.41, 5.74) is 0. The normalized spacial score (nSPS) is 12.3. The van der Waals surface area contributed by atoms with E-state index >= 15 is 0 Å². The lowest BCUT2D eigenvalue weighted by atomic mass is 10.0. The Bertz CT molecular complexity index is 1170. The number of esters is 3. The van der Waals surface area contributed by atoms with Gasteiger partial charge < -0.3 is 14.2 Å². The van der Waals surface area contributed by atoms with Crippen LogP contribution in [0.15, 0.2) is 48.6 Å². The van der Waals surface area contributed by atoms with Crippen LogP contribution in [0, 0.1) is 0 Å². The van der Waals surface area contributed by atoms with Crippen LogP contribution in [0.4, 0.5) is 0 Å². The zero-order chi connectivity index (χ0) is 48.6. The quantitative estimate of drug-likeness (QED) is 0.0262. The third-order valence-electron chi connectivity index (χ3n) is 12.8. The van der Waals surface area contributed by atoms with Crippen molar-refractivity contribution in [3.8, 4) is 0 Å². The molecule has 0 radical (unpaired) electrons. The highest BCUT2D eigenvalue weighted by Gasteiger charge is 2.19. The van der Waals surface area contributed by atoms with E-state index < -0.39 is 6.10 Å². The van der Waals surface area contributed by atoms with E-state index in [4.69, 9.17) is 14.2 Å². The molecule has 0 aliphatic rings. The highest BCUT2D eigenvalue weighted by atomic mass is 16.6. The zero-order valence-corrected chi connectivity index (χ0v) is 44.7. The Hall–Kier alpha value is -2.63. The largest absolute Gasteiger partial charge is 0.462 e. The fraction of sp³-hybridized carbons (Fsp3) is 0.820. The van der Waals surface area contributed by atoms with Crippen LogP contribution in [0.3, 0.4) is 0 Å². The molecule has 0 fully saturated rings. The Morgan fingerprint density at radius 1 is 0.299 bits per heavy atom. The molecule has 0 saturated carbocycles. The molecule has 0 rings (SSSR count). The third-order valence-corrected chi connectivity index (χ3v) is 12.8. The molecule has 0 aliphatic carbocycles. The molecule has 0 saturated heterocycles. The van der Waals surface area contributed by atoms with Gasteiger partial charge in [-0.05, 0) is 103 Å². The average Bonchev–Trinajstić information content (AvgIpc) is 3.33. The van der Waals surface area contributed by atoms with Crippen molar-refractivity contribution in [1.29, 1.82) is 0 Å². The van der Waals surface area contributed by atoms with Crippen LogP contribution >= 0.6 is 0 Å². The maximum atomic E-state index is 12.8.